The number of likely N-dealkylation sites (tertiary alicyclic amines) is 2. The van der Waals surface area contributed by atoms with E-state index in [0.29, 0.717) is 12.5 Å². The van der Waals surface area contributed by atoms with Gasteiger partial charge in [0.25, 0.3) is 0 Å². The molecule has 5 heterocycles. The average molecular weight is 847 g/mol. The van der Waals surface area contributed by atoms with Crippen molar-refractivity contribution in [3.8, 4) is 22.4 Å². The summed E-state index contributed by atoms with van der Waals surface area (Å²) in [5, 5.41) is 16.9. The lowest BCUT2D eigenvalue weighted by Crippen LogP contribution is -2.53. The highest BCUT2D eigenvalue weighted by Crippen LogP contribution is 2.51. The van der Waals surface area contributed by atoms with Crippen LogP contribution in [0.1, 0.15) is 70.7 Å². The lowest BCUT2D eigenvalue weighted by atomic mass is 9.99. The van der Waals surface area contributed by atoms with Gasteiger partial charge in [0.05, 0.1) is 42.1 Å². The van der Waals surface area contributed by atoms with E-state index in [4.69, 9.17) is 14.7 Å². The number of nitrogens with one attached hydrogen (secondary N) is 4. The summed E-state index contributed by atoms with van der Waals surface area (Å²) in [6.45, 7) is 12.4. The van der Waals surface area contributed by atoms with Crippen LogP contribution in [0.3, 0.4) is 0 Å². The topological polar surface area (TPSA) is 186 Å². The van der Waals surface area contributed by atoms with Gasteiger partial charge in [-0.25, -0.2) is 14.8 Å². The van der Waals surface area contributed by atoms with Gasteiger partial charge in [-0.15, -0.1) is 0 Å². The molecule has 2 aromatic heterocycles. The summed E-state index contributed by atoms with van der Waals surface area (Å²) in [5.74, 6) is 0.833. The van der Waals surface area contributed by atoms with E-state index in [2.05, 4.69) is 82.2 Å². The standard InChI is InChI=1S/C46H58N8O6Si/c1-25(2)39(50-38(56)22-55)44(57)53-18-8-9-35(53)43-48-33-17-15-30-19-29(14-16-32(30)41(33)51-43)27-10-12-28(13-11-27)34-21-47-42(49-34)36-20-31-23-61(6,7)24-37(31)54(36)45(58)40(26(3)4)52-46(59)60-5/h10-17,19,21,25-26,31,35-37,39-40,55H,8-9,18,20,22-24H2,1-7H3,(H,47,49)(H,48,51)(H,50,56)(H,52,59)/t31?,35?,36-,37?,39-,40-/m0/s1. The maximum absolute atomic E-state index is 14.3. The molecular formula is C46H58N8O6Si. The number of alkyl carbamates (subject to hydrolysis) is 1. The third kappa shape index (κ3) is 8.17. The molecule has 61 heavy (non-hydrogen) atoms. The number of hydrogen-bond acceptors (Lipinski definition) is 8. The van der Waals surface area contributed by atoms with Gasteiger partial charge >= 0.3 is 6.09 Å². The molecule has 3 aliphatic heterocycles. The largest absolute Gasteiger partial charge is 0.453 e. The van der Waals surface area contributed by atoms with E-state index in [0.717, 1.165) is 81.1 Å². The van der Waals surface area contributed by atoms with Crippen LogP contribution in [0.25, 0.3) is 44.2 Å². The van der Waals surface area contributed by atoms with Crippen molar-refractivity contribution in [1.29, 1.82) is 0 Å². The minimum atomic E-state index is -1.45. The second-order valence-electron chi connectivity index (χ2n) is 18.7. The lowest BCUT2D eigenvalue weighted by molar-refractivity contribution is -0.139. The van der Waals surface area contributed by atoms with Gasteiger partial charge in [-0.2, -0.15) is 0 Å². The quantitative estimate of drug-likeness (QED) is 0.0886. The normalized spacial score (nSPS) is 21.9. The monoisotopic (exact) mass is 846 g/mol. The zero-order valence-electron chi connectivity index (χ0n) is 36.1. The van der Waals surface area contributed by atoms with E-state index in [1.807, 2.05) is 44.9 Å². The van der Waals surface area contributed by atoms with Crippen molar-refractivity contribution in [1.82, 2.24) is 40.4 Å². The highest BCUT2D eigenvalue weighted by molar-refractivity contribution is 6.78. The van der Waals surface area contributed by atoms with Gasteiger partial charge in [-0.05, 0) is 77.3 Å². The van der Waals surface area contributed by atoms with Gasteiger partial charge in [0.15, 0.2) is 0 Å². The Labute approximate surface area is 357 Å². The summed E-state index contributed by atoms with van der Waals surface area (Å²) in [7, 11) is -0.136. The molecule has 5 N–H and O–H groups in total. The Morgan fingerprint density at radius 3 is 2.28 bits per heavy atom. The number of amides is 4. The Morgan fingerprint density at radius 2 is 1.57 bits per heavy atom. The molecular weight excluding hydrogens is 789 g/mol. The van der Waals surface area contributed by atoms with Gasteiger partial charge in [0.2, 0.25) is 17.7 Å². The molecule has 0 aliphatic carbocycles. The Hall–Kier alpha value is -5.54. The molecule has 0 bridgehead atoms. The molecule has 8 rings (SSSR count). The minimum absolute atomic E-state index is 0.0776. The first-order chi connectivity index (χ1) is 29.2. The first-order valence-electron chi connectivity index (χ1n) is 21.6. The lowest BCUT2D eigenvalue weighted by Gasteiger charge is -2.34. The van der Waals surface area contributed by atoms with Crippen molar-refractivity contribution >= 4 is 53.7 Å². The Morgan fingerprint density at radius 1 is 0.869 bits per heavy atom. The predicted octanol–water partition coefficient (Wildman–Crippen LogP) is 6.93. The van der Waals surface area contributed by atoms with Crippen molar-refractivity contribution in [2.45, 2.75) is 102 Å². The maximum atomic E-state index is 14.3. The van der Waals surface area contributed by atoms with Gasteiger partial charge in [0, 0.05) is 26.0 Å². The van der Waals surface area contributed by atoms with Gasteiger partial charge < -0.3 is 40.2 Å². The average Bonchev–Trinajstić information content (AvgIpc) is 4.09. The summed E-state index contributed by atoms with van der Waals surface area (Å²) in [5.41, 5.74) is 5.72. The number of aliphatic hydroxyl groups is 1. The van der Waals surface area contributed by atoms with E-state index < -0.39 is 38.8 Å². The van der Waals surface area contributed by atoms with Crippen LogP contribution in [0.15, 0.2) is 60.8 Å². The Bertz CT molecular complexity index is 2460. The second kappa shape index (κ2) is 16.7. The number of H-pyrrole nitrogens is 2. The van der Waals surface area contributed by atoms with E-state index in [-0.39, 0.29) is 41.8 Å². The molecule has 322 valence electrons. The molecule has 15 heteroatoms. The zero-order valence-corrected chi connectivity index (χ0v) is 37.1. The number of carbonyl (C=O) groups excluding carboxylic acids is 4. The first-order valence-corrected chi connectivity index (χ1v) is 25.0. The van der Waals surface area contributed by atoms with Crippen LogP contribution in [-0.4, -0.2) is 105 Å². The number of benzene rings is 3. The van der Waals surface area contributed by atoms with Crippen LogP contribution in [-0.2, 0) is 19.1 Å². The summed E-state index contributed by atoms with van der Waals surface area (Å²) in [6.07, 6.45) is 3.68. The zero-order chi connectivity index (χ0) is 43.3. The number of rotatable bonds is 11. The fourth-order valence-electron chi connectivity index (χ4n) is 10.2. The number of carbonyl (C=O) groups is 4. The molecule has 3 unspecified atom stereocenters. The first kappa shape index (κ1) is 42.2. The molecule has 3 aliphatic rings. The van der Waals surface area contributed by atoms with Crippen LogP contribution >= 0.6 is 0 Å². The smallest absolute Gasteiger partial charge is 0.407 e. The highest BCUT2D eigenvalue weighted by atomic mass is 28.3. The summed E-state index contributed by atoms with van der Waals surface area (Å²) < 4.78 is 4.89. The number of aromatic amines is 2. The predicted molar refractivity (Wildman–Crippen MR) is 237 cm³/mol. The Balaban J connectivity index is 1.01. The summed E-state index contributed by atoms with van der Waals surface area (Å²) in [4.78, 5) is 73.2. The molecule has 3 saturated heterocycles. The third-order valence-electron chi connectivity index (χ3n) is 13.2. The molecule has 0 saturated carbocycles. The van der Waals surface area contributed by atoms with Crippen LogP contribution < -0.4 is 10.6 Å². The molecule has 3 aromatic carbocycles. The number of nitrogens with zero attached hydrogens (tertiary/aromatic N) is 4. The molecule has 4 amide bonds. The van der Waals surface area contributed by atoms with Crippen molar-refractivity contribution < 1.29 is 29.0 Å². The highest BCUT2D eigenvalue weighted by Gasteiger charge is 2.54. The van der Waals surface area contributed by atoms with Crippen molar-refractivity contribution in [2.24, 2.45) is 17.8 Å². The van der Waals surface area contributed by atoms with Crippen molar-refractivity contribution in [3.05, 3.63) is 72.4 Å². The number of fused-ring (bicyclic) bond motifs is 4. The minimum Gasteiger partial charge on any atom is -0.453 e. The molecule has 6 atom stereocenters. The van der Waals surface area contributed by atoms with Crippen LogP contribution in [0.5, 0.6) is 0 Å². The number of methoxy groups -OCH3 is 1. The third-order valence-corrected chi connectivity index (χ3v) is 16.3. The number of aliphatic hydroxyl groups excluding tert-OH is 1. The van der Waals surface area contributed by atoms with Gasteiger partial charge in [0.1, 0.15) is 30.3 Å². The van der Waals surface area contributed by atoms with Gasteiger partial charge in [-0.1, -0.05) is 89.3 Å². The fourth-order valence-corrected chi connectivity index (χ4v) is 13.8. The van der Waals surface area contributed by atoms with Crippen LogP contribution in [0.2, 0.25) is 25.2 Å². The number of aromatic nitrogens is 4. The second-order valence-corrected chi connectivity index (χ2v) is 23.8. The molecule has 0 spiro atoms. The van der Waals surface area contributed by atoms with E-state index in [1.165, 1.54) is 13.2 Å². The van der Waals surface area contributed by atoms with E-state index in [9.17, 15) is 24.3 Å². The summed E-state index contributed by atoms with van der Waals surface area (Å²) in [6, 6.07) is 19.3. The molecule has 14 nitrogen and oxygen atoms in total. The SMILES string of the molecule is COC(=O)N[C@H](C(=O)N1C2C[Si](C)(C)CC2C[C@H]1c1ncc(-c2ccc(-c3ccc4c(ccc5[nH]c(C6CCCN6C(=O)[C@@H](NC(=O)CO)C(C)C)nc54)c3)cc2)[nH]1)C(C)C. The van der Waals surface area contributed by atoms with Crippen molar-refractivity contribution in [3.63, 3.8) is 0 Å². The maximum Gasteiger partial charge on any atom is 0.407 e. The van der Waals surface area contributed by atoms with Crippen LogP contribution in [0.4, 0.5) is 4.79 Å². The van der Waals surface area contributed by atoms with Crippen LogP contribution in [0, 0.1) is 17.8 Å². The molecule has 5 aromatic rings. The molecule has 0 radical (unpaired) electrons. The molecule has 3 fully saturated rings. The number of ether oxygens (including phenoxy) is 1. The summed E-state index contributed by atoms with van der Waals surface area (Å²) >= 11 is 0. The van der Waals surface area contributed by atoms with E-state index in [1.54, 1.807) is 4.90 Å². The van der Waals surface area contributed by atoms with E-state index >= 15 is 0 Å². The number of imidazole rings is 2. The van der Waals surface area contributed by atoms with Crippen molar-refractivity contribution in [2.75, 3.05) is 20.3 Å². The van der Waals surface area contributed by atoms with Gasteiger partial charge in [-0.3, -0.25) is 14.4 Å². The Kier molecular flexibility index (Phi) is 11.6. The fraction of sp³-hybridized carbons (Fsp3) is 0.478. The number of hydrogen-bond donors (Lipinski definition) is 5.